The van der Waals surface area contributed by atoms with Crippen molar-refractivity contribution in [2.45, 2.75) is 25.4 Å². The molecule has 27 heavy (non-hydrogen) atoms. The number of anilines is 1. The number of rotatable bonds is 2. The lowest BCUT2D eigenvalue weighted by Crippen LogP contribution is -2.35. The Morgan fingerprint density at radius 2 is 1.89 bits per heavy atom. The summed E-state index contributed by atoms with van der Waals surface area (Å²) in [6.07, 6.45) is 1.38. The van der Waals surface area contributed by atoms with Gasteiger partial charge in [0.2, 0.25) is 0 Å². The highest BCUT2D eigenvalue weighted by Gasteiger charge is 2.50. The fourth-order valence-corrected chi connectivity index (χ4v) is 4.70. The Morgan fingerprint density at radius 3 is 2.56 bits per heavy atom. The van der Waals surface area contributed by atoms with Crippen molar-refractivity contribution in [1.82, 2.24) is 4.90 Å². The van der Waals surface area contributed by atoms with Crippen molar-refractivity contribution in [2.75, 3.05) is 18.4 Å². The summed E-state index contributed by atoms with van der Waals surface area (Å²) in [4.78, 5) is 14.4. The molecular weight excluding hydrogens is 338 g/mol. The maximum atomic E-state index is 12.6. The van der Waals surface area contributed by atoms with E-state index in [1.54, 1.807) is 24.3 Å². The molecule has 1 aliphatic heterocycles. The van der Waals surface area contributed by atoms with Crippen LogP contribution in [0.3, 0.4) is 0 Å². The summed E-state index contributed by atoms with van der Waals surface area (Å²) in [5, 5.41) is 23.1. The number of hydrogen-bond donors (Lipinski definition) is 2. The standard InChI is InChI=1S/C22H23N3O2/c1-15-5-2-3-8-20(15)22(27)10-17-13-25(14-18(17)11-22)21(26)24-19-7-4-6-16(9-19)12-23/h2-9,17-18,27H,10-11,13-14H2,1H3,(H,24,26)/t17-,18+,22?. The summed E-state index contributed by atoms with van der Waals surface area (Å²) in [6, 6.07) is 16.9. The van der Waals surface area contributed by atoms with Crippen LogP contribution in [0.5, 0.6) is 0 Å². The maximum absolute atomic E-state index is 12.6. The molecule has 0 radical (unpaired) electrons. The largest absolute Gasteiger partial charge is 0.385 e. The van der Waals surface area contributed by atoms with Crippen molar-refractivity contribution in [3.8, 4) is 6.07 Å². The fourth-order valence-electron chi connectivity index (χ4n) is 4.70. The minimum atomic E-state index is -0.787. The zero-order valence-corrected chi connectivity index (χ0v) is 15.4. The Bertz CT molecular complexity index is 904. The predicted molar refractivity (Wildman–Crippen MR) is 103 cm³/mol. The van der Waals surface area contributed by atoms with Gasteiger partial charge in [-0.05, 0) is 60.9 Å². The molecule has 2 amide bonds. The SMILES string of the molecule is Cc1ccccc1C1(O)C[C@H]2CN(C(=O)Nc3cccc(C#N)c3)C[C@H]2C1. The molecule has 2 N–H and O–H groups in total. The first-order valence-corrected chi connectivity index (χ1v) is 9.33. The second kappa shape index (κ2) is 6.71. The average molecular weight is 361 g/mol. The van der Waals surface area contributed by atoms with Crippen LogP contribution in [0, 0.1) is 30.1 Å². The van der Waals surface area contributed by atoms with E-state index in [0.29, 0.717) is 49.0 Å². The Labute approximate surface area is 159 Å². The van der Waals surface area contributed by atoms with Gasteiger partial charge in [-0.3, -0.25) is 0 Å². The number of hydrogen-bond acceptors (Lipinski definition) is 3. The number of nitrogens with one attached hydrogen (secondary N) is 1. The number of fused-ring (bicyclic) bond motifs is 1. The van der Waals surface area contributed by atoms with E-state index in [4.69, 9.17) is 5.26 Å². The smallest absolute Gasteiger partial charge is 0.321 e. The van der Waals surface area contributed by atoms with E-state index in [0.717, 1.165) is 11.1 Å². The number of aryl methyl sites for hydroxylation is 1. The number of urea groups is 1. The van der Waals surface area contributed by atoms with Gasteiger partial charge >= 0.3 is 6.03 Å². The van der Waals surface area contributed by atoms with Gasteiger partial charge in [-0.1, -0.05) is 30.3 Å². The van der Waals surface area contributed by atoms with Gasteiger partial charge in [-0.2, -0.15) is 5.26 Å². The number of carbonyl (C=O) groups is 1. The number of amides is 2. The molecule has 1 saturated carbocycles. The van der Waals surface area contributed by atoms with Crippen LogP contribution in [0.15, 0.2) is 48.5 Å². The van der Waals surface area contributed by atoms with Crippen LogP contribution in [0.4, 0.5) is 10.5 Å². The molecule has 2 aromatic carbocycles. The Balaban J connectivity index is 1.42. The van der Waals surface area contributed by atoms with E-state index in [1.807, 2.05) is 36.1 Å². The van der Waals surface area contributed by atoms with Crippen LogP contribution in [0.2, 0.25) is 0 Å². The van der Waals surface area contributed by atoms with Crippen LogP contribution in [-0.2, 0) is 5.60 Å². The van der Waals surface area contributed by atoms with Crippen LogP contribution >= 0.6 is 0 Å². The number of nitrogens with zero attached hydrogens (tertiary/aromatic N) is 2. The summed E-state index contributed by atoms with van der Waals surface area (Å²) < 4.78 is 0. The lowest BCUT2D eigenvalue weighted by molar-refractivity contribution is 0.0322. The van der Waals surface area contributed by atoms with Crippen LogP contribution in [-0.4, -0.2) is 29.1 Å². The van der Waals surface area contributed by atoms with E-state index in [2.05, 4.69) is 11.4 Å². The molecule has 3 atom stereocenters. The van der Waals surface area contributed by atoms with Gasteiger partial charge < -0.3 is 15.3 Å². The number of carbonyl (C=O) groups excluding carboxylic acids is 1. The Kier molecular flexibility index (Phi) is 4.37. The fraction of sp³-hybridized carbons (Fsp3) is 0.364. The van der Waals surface area contributed by atoms with Gasteiger partial charge in [0, 0.05) is 18.8 Å². The topological polar surface area (TPSA) is 76.4 Å². The van der Waals surface area contributed by atoms with E-state index < -0.39 is 5.60 Å². The molecular formula is C22H23N3O2. The Morgan fingerprint density at radius 1 is 1.19 bits per heavy atom. The normalized spacial score (nSPS) is 26.5. The highest BCUT2D eigenvalue weighted by molar-refractivity contribution is 5.89. The lowest BCUT2D eigenvalue weighted by atomic mass is 9.87. The molecule has 0 spiro atoms. The molecule has 0 aromatic heterocycles. The highest BCUT2D eigenvalue weighted by Crippen LogP contribution is 2.49. The van der Waals surface area contributed by atoms with Gasteiger partial charge in [0.1, 0.15) is 0 Å². The summed E-state index contributed by atoms with van der Waals surface area (Å²) in [7, 11) is 0. The molecule has 1 aliphatic carbocycles. The summed E-state index contributed by atoms with van der Waals surface area (Å²) in [5.41, 5.74) is 2.50. The third-order valence-corrected chi connectivity index (χ3v) is 5.95. The maximum Gasteiger partial charge on any atom is 0.321 e. The van der Waals surface area contributed by atoms with Crippen molar-refractivity contribution >= 4 is 11.7 Å². The third-order valence-electron chi connectivity index (χ3n) is 5.95. The van der Waals surface area contributed by atoms with E-state index in [9.17, 15) is 9.90 Å². The van der Waals surface area contributed by atoms with Gasteiger partial charge in [0.25, 0.3) is 0 Å². The molecule has 1 unspecified atom stereocenters. The van der Waals surface area contributed by atoms with Crippen LogP contribution < -0.4 is 5.32 Å². The molecule has 0 bridgehead atoms. The van der Waals surface area contributed by atoms with Gasteiger partial charge in [-0.25, -0.2) is 4.79 Å². The van der Waals surface area contributed by atoms with Crippen molar-refractivity contribution in [1.29, 1.82) is 5.26 Å². The molecule has 2 aromatic rings. The zero-order chi connectivity index (χ0) is 19.0. The van der Waals surface area contributed by atoms with Crippen molar-refractivity contribution < 1.29 is 9.90 Å². The molecule has 138 valence electrons. The molecule has 5 heteroatoms. The number of nitriles is 1. The van der Waals surface area contributed by atoms with Crippen molar-refractivity contribution in [2.24, 2.45) is 11.8 Å². The second-order valence-corrected chi connectivity index (χ2v) is 7.80. The van der Waals surface area contributed by atoms with E-state index in [-0.39, 0.29) is 6.03 Å². The molecule has 2 aliphatic rings. The van der Waals surface area contributed by atoms with Crippen LogP contribution in [0.25, 0.3) is 0 Å². The van der Waals surface area contributed by atoms with Gasteiger partial charge in [0.05, 0.1) is 17.2 Å². The monoisotopic (exact) mass is 361 g/mol. The zero-order valence-electron chi connectivity index (χ0n) is 15.4. The quantitative estimate of drug-likeness (QED) is 0.857. The molecule has 1 heterocycles. The minimum absolute atomic E-state index is 0.140. The van der Waals surface area contributed by atoms with E-state index in [1.165, 1.54) is 0 Å². The average Bonchev–Trinajstić information content (AvgIpc) is 3.18. The second-order valence-electron chi connectivity index (χ2n) is 7.80. The van der Waals surface area contributed by atoms with E-state index >= 15 is 0 Å². The first-order chi connectivity index (χ1) is 13.0. The molecule has 5 nitrogen and oxygen atoms in total. The molecule has 4 rings (SSSR count). The van der Waals surface area contributed by atoms with Crippen molar-refractivity contribution in [3.05, 3.63) is 65.2 Å². The predicted octanol–water partition coefficient (Wildman–Crippen LogP) is 3.63. The summed E-state index contributed by atoms with van der Waals surface area (Å²) >= 11 is 0. The molecule has 2 fully saturated rings. The minimum Gasteiger partial charge on any atom is -0.385 e. The first-order valence-electron chi connectivity index (χ1n) is 9.33. The van der Waals surface area contributed by atoms with Gasteiger partial charge in [-0.15, -0.1) is 0 Å². The number of benzene rings is 2. The lowest BCUT2D eigenvalue weighted by Gasteiger charge is -2.28. The van der Waals surface area contributed by atoms with Crippen molar-refractivity contribution in [3.63, 3.8) is 0 Å². The number of likely N-dealkylation sites (tertiary alicyclic amines) is 1. The van der Waals surface area contributed by atoms with Crippen LogP contribution in [0.1, 0.15) is 29.5 Å². The number of aliphatic hydroxyl groups is 1. The summed E-state index contributed by atoms with van der Waals surface area (Å²) in [5.74, 6) is 0.622. The first kappa shape index (κ1) is 17.6. The molecule has 1 saturated heterocycles. The Hall–Kier alpha value is -2.84. The third kappa shape index (κ3) is 3.29. The highest BCUT2D eigenvalue weighted by atomic mass is 16.3. The van der Waals surface area contributed by atoms with Gasteiger partial charge in [0.15, 0.2) is 0 Å². The summed E-state index contributed by atoms with van der Waals surface area (Å²) in [6.45, 7) is 3.35.